The third-order valence-electron chi connectivity index (χ3n) is 2.99. The number of aromatic nitrogens is 2. The molecule has 0 aliphatic carbocycles. The number of carboxylic acids is 1. The topological polar surface area (TPSA) is 101 Å². The predicted molar refractivity (Wildman–Crippen MR) is 88.8 cm³/mol. The van der Waals surface area contributed by atoms with Crippen LogP contribution in [0.25, 0.3) is 0 Å². The lowest BCUT2D eigenvalue weighted by molar-refractivity contribution is -0.192. The van der Waals surface area contributed by atoms with Gasteiger partial charge in [0, 0.05) is 6.54 Å². The number of nitrogens with one attached hydrogen (secondary N) is 1. The molecule has 0 aliphatic heterocycles. The lowest BCUT2D eigenvalue weighted by Gasteiger charge is -2.16. The van der Waals surface area contributed by atoms with E-state index >= 15 is 0 Å². The molecule has 27 heavy (non-hydrogen) atoms. The van der Waals surface area contributed by atoms with Crippen LogP contribution in [-0.2, 0) is 20.9 Å². The van der Waals surface area contributed by atoms with Crippen LogP contribution >= 0.6 is 11.6 Å². The molecule has 0 fully saturated rings. The first kappa shape index (κ1) is 22.3. The van der Waals surface area contributed by atoms with Crippen LogP contribution < -0.4 is 5.32 Å². The highest BCUT2D eigenvalue weighted by Crippen LogP contribution is 2.15. The maximum absolute atomic E-state index is 11.8. The van der Waals surface area contributed by atoms with Gasteiger partial charge in [0.25, 0.3) is 0 Å². The normalized spacial score (nSPS) is 11.7. The van der Waals surface area contributed by atoms with Gasteiger partial charge in [-0.3, -0.25) is 5.32 Å². The van der Waals surface area contributed by atoms with Gasteiger partial charge >= 0.3 is 18.1 Å². The van der Waals surface area contributed by atoms with Crippen molar-refractivity contribution in [2.24, 2.45) is 0 Å². The molecule has 11 heteroatoms. The van der Waals surface area contributed by atoms with Gasteiger partial charge in [-0.05, 0) is 17.7 Å². The summed E-state index contributed by atoms with van der Waals surface area (Å²) < 4.78 is 36.6. The molecule has 0 bridgehead atoms. The highest BCUT2D eigenvalue weighted by atomic mass is 35.5. The standard InChI is InChI=1S/C14H14ClN3O2.C2HF3O2/c1-20-14(19)13(10-5-3-2-4-6-10)16-9-11-7-8-12(15)18-17-11;3-2(4,5)1(6)7/h2-8,13,16H,9H2,1H3;(H,6,7). The minimum absolute atomic E-state index is 0.335. The number of alkyl halides is 3. The van der Waals surface area contributed by atoms with E-state index in [0.29, 0.717) is 17.4 Å². The highest BCUT2D eigenvalue weighted by Gasteiger charge is 2.38. The van der Waals surface area contributed by atoms with Crippen LogP contribution in [0.1, 0.15) is 17.3 Å². The molecule has 2 aromatic rings. The summed E-state index contributed by atoms with van der Waals surface area (Å²) in [6.45, 7) is 0.388. The van der Waals surface area contributed by atoms with Crippen molar-refractivity contribution in [3.63, 3.8) is 0 Å². The van der Waals surface area contributed by atoms with Crippen LogP contribution in [0, 0.1) is 0 Å². The Morgan fingerprint density at radius 2 is 1.78 bits per heavy atom. The Bertz CT molecular complexity index is 743. The molecule has 2 N–H and O–H groups in total. The van der Waals surface area contributed by atoms with Gasteiger partial charge in [0.2, 0.25) is 0 Å². The summed E-state index contributed by atoms with van der Waals surface area (Å²) in [5, 5.41) is 18.2. The average Bonchev–Trinajstić information content (AvgIpc) is 2.63. The van der Waals surface area contributed by atoms with Crippen molar-refractivity contribution in [3.8, 4) is 0 Å². The Morgan fingerprint density at radius 1 is 1.19 bits per heavy atom. The van der Waals surface area contributed by atoms with Crippen molar-refractivity contribution in [3.05, 3.63) is 58.9 Å². The smallest absolute Gasteiger partial charge is 0.475 e. The maximum atomic E-state index is 11.8. The summed E-state index contributed by atoms with van der Waals surface area (Å²) in [5.41, 5.74) is 1.53. The van der Waals surface area contributed by atoms with Gasteiger partial charge in [0.05, 0.1) is 12.8 Å². The molecule has 1 aromatic carbocycles. The number of hydrogen-bond donors (Lipinski definition) is 2. The van der Waals surface area contributed by atoms with Crippen LogP contribution in [0.2, 0.25) is 5.15 Å². The van der Waals surface area contributed by atoms with Gasteiger partial charge in [0.1, 0.15) is 6.04 Å². The SMILES string of the molecule is COC(=O)C(NCc1ccc(Cl)nn1)c1ccccc1.O=C(O)C(F)(F)F. The number of carbonyl (C=O) groups is 2. The minimum Gasteiger partial charge on any atom is -0.475 e. The third-order valence-corrected chi connectivity index (χ3v) is 3.19. The number of halogens is 4. The van der Waals surface area contributed by atoms with Crippen LogP contribution in [0.15, 0.2) is 42.5 Å². The number of ether oxygens (including phenoxy) is 1. The summed E-state index contributed by atoms with van der Waals surface area (Å²) in [4.78, 5) is 20.7. The quantitative estimate of drug-likeness (QED) is 0.737. The molecule has 1 atom stereocenters. The molecule has 0 amide bonds. The van der Waals surface area contributed by atoms with E-state index in [4.69, 9.17) is 26.2 Å². The van der Waals surface area contributed by atoms with Crippen LogP contribution in [0.3, 0.4) is 0 Å². The fourth-order valence-electron chi connectivity index (χ4n) is 1.75. The molecule has 1 unspecified atom stereocenters. The van der Waals surface area contributed by atoms with E-state index in [1.54, 1.807) is 12.1 Å². The second-order valence-corrected chi connectivity index (χ2v) is 5.29. The van der Waals surface area contributed by atoms with E-state index in [1.165, 1.54) is 7.11 Å². The van der Waals surface area contributed by atoms with E-state index in [2.05, 4.69) is 15.5 Å². The monoisotopic (exact) mass is 405 g/mol. The van der Waals surface area contributed by atoms with E-state index in [-0.39, 0.29) is 5.97 Å². The van der Waals surface area contributed by atoms with Gasteiger partial charge < -0.3 is 9.84 Å². The van der Waals surface area contributed by atoms with Crippen molar-refractivity contribution >= 4 is 23.5 Å². The Kier molecular flexibility index (Phi) is 8.63. The Morgan fingerprint density at radius 3 is 2.22 bits per heavy atom. The summed E-state index contributed by atoms with van der Waals surface area (Å²) >= 11 is 5.68. The number of nitrogens with zero attached hydrogens (tertiary/aromatic N) is 2. The van der Waals surface area contributed by atoms with Crippen molar-refractivity contribution in [1.82, 2.24) is 15.5 Å². The first-order valence-corrected chi connectivity index (χ1v) is 7.67. The Labute approximate surface area is 157 Å². The molecule has 0 saturated carbocycles. The zero-order valence-corrected chi connectivity index (χ0v) is 14.7. The molecule has 2 rings (SSSR count). The Balaban J connectivity index is 0.000000445. The predicted octanol–water partition coefficient (Wildman–Crippen LogP) is 2.77. The van der Waals surface area contributed by atoms with Crippen molar-refractivity contribution in [2.75, 3.05) is 7.11 Å². The van der Waals surface area contributed by atoms with Crippen LogP contribution in [0.4, 0.5) is 13.2 Å². The summed E-state index contributed by atoms with van der Waals surface area (Å²) in [7, 11) is 1.36. The van der Waals surface area contributed by atoms with Crippen molar-refractivity contribution in [2.45, 2.75) is 18.8 Å². The number of benzene rings is 1. The number of aliphatic carboxylic acids is 1. The second-order valence-electron chi connectivity index (χ2n) is 4.90. The molecule has 0 radical (unpaired) electrons. The zero-order chi connectivity index (χ0) is 20.4. The molecule has 0 aliphatic rings. The third kappa shape index (κ3) is 8.01. The number of hydrogen-bond acceptors (Lipinski definition) is 6. The molecule has 0 spiro atoms. The van der Waals surface area contributed by atoms with Gasteiger partial charge in [0.15, 0.2) is 5.15 Å². The fraction of sp³-hybridized carbons (Fsp3) is 0.250. The summed E-state index contributed by atoms with van der Waals surface area (Å²) in [5.74, 6) is -3.11. The van der Waals surface area contributed by atoms with Crippen LogP contribution in [-0.4, -0.2) is 40.5 Å². The number of esters is 1. The molecule has 146 valence electrons. The molecule has 0 saturated heterocycles. The fourth-order valence-corrected chi connectivity index (χ4v) is 1.85. The summed E-state index contributed by atoms with van der Waals surface area (Å²) in [6, 6.07) is 12.2. The van der Waals surface area contributed by atoms with Gasteiger partial charge in [-0.25, -0.2) is 9.59 Å². The number of methoxy groups -OCH3 is 1. The lowest BCUT2D eigenvalue weighted by atomic mass is 10.1. The van der Waals surface area contributed by atoms with E-state index in [1.807, 2.05) is 30.3 Å². The number of carboxylic acid groups (broad SMARTS) is 1. The van der Waals surface area contributed by atoms with Crippen molar-refractivity contribution in [1.29, 1.82) is 0 Å². The highest BCUT2D eigenvalue weighted by molar-refractivity contribution is 6.29. The first-order chi connectivity index (χ1) is 12.6. The maximum Gasteiger partial charge on any atom is 0.490 e. The largest absolute Gasteiger partial charge is 0.490 e. The lowest BCUT2D eigenvalue weighted by Crippen LogP contribution is -2.29. The van der Waals surface area contributed by atoms with E-state index in [9.17, 15) is 18.0 Å². The van der Waals surface area contributed by atoms with Gasteiger partial charge in [-0.15, -0.1) is 5.10 Å². The van der Waals surface area contributed by atoms with E-state index < -0.39 is 18.2 Å². The molecule has 1 heterocycles. The molecular weight excluding hydrogens is 391 g/mol. The molecular formula is C16H15ClF3N3O4. The average molecular weight is 406 g/mol. The van der Waals surface area contributed by atoms with Crippen LogP contribution in [0.5, 0.6) is 0 Å². The summed E-state index contributed by atoms with van der Waals surface area (Å²) in [6.07, 6.45) is -5.08. The second kappa shape index (κ2) is 10.4. The van der Waals surface area contributed by atoms with Crippen molar-refractivity contribution < 1.29 is 32.6 Å². The van der Waals surface area contributed by atoms with Gasteiger partial charge in [-0.2, -0.15) is 18.3 Å². The number of carbonyl (C=O) groups excluding carboxylic acids is 1. The van der Waals surface area contributed by atoms with Gasteiger partial charge in [-0.1, -0.05) is 41.9 Å². The Hall–Kier alpha value is -2.72. The first-order valence-electron chi connectivity index (χ1n) is 7.29. The van der Waals surface area contributed by atoms with E-state index in [0.717, 1.165) is 5.56 Å². The number of rotatable bonds is 5. The molecule has 1 aromatic heterocycles. The zero-order valence-electron chi connectivity index (χ0n) is 13.9. The molecule has 7 nitrogen and oxygen atoms in total. The minimum atomic E-state index is -5.08.